The molecule has 0 saturated carbocycles. The van der Waals surface area contributed by atoms with Crippen LogP contribution in [0, 0.1) is 5.41 Å². The van der Waals surface area contributed by atoms with Crippen LogP contribution in [0.1, 0.15) is 33.0 Å². The quantitative estimate of drug-likeness (QED) is 0.174. The molecule has 1 unspecified atom stereocenters. The lowest BCUT2D eigenvalue weighted by atomic mass is 10.1. The van der Waals surface area contributed by atoms with E-state index >= 15 is 0 Å². The number of halogens is 1. The van der Waals surface area contributed by atoms with Gasteiger partial charge in [-0.2, -0.15) is 0 Å². The molecule has 162 valence electrons. The number of carbonyl (C=O) groups is 1. The third-order valence-corrected chi connectivity index (χ3v) is 5.28. The van der Waals surface area contributed by atoms with E-state index in [0.29, 0.717) is 12.0 Å². The van der Waals surface area contributed by atoms with Crippen LogP contribution in [-0.2, 0) is 30.2 Å². The van der Waals surface area contributed by atoms with Crippen LogP contribution < -0.4 is 15.0 Å². The standard InChI is InChI=1S/C21H29ClN5O3/c1-7-12(2)18(20(24)25-19(23)13(3)22)21(28)30-11-17-26(4)15-9-8-14(29-6)10-16(15)27(17)5/h8-10,13H,7,11H2,1-6H3,(H3,23,24,25)/q+1. The van der Waals surface area contributed by atoms with Gasteiger partial charge in [0, 0.05) is 6.07 Å². The van der Waals surface area contributed by atoms with Crippen LogP contribution in [0.3, 0.4) is 0 Å². The number of aliphatic imine (C=N–C) groups is 1. The minimum atomic E-state index is -0.624. The molecule has 3 N–H and O–H groups in total. The summed E-state index contributed by atoms with van der Waals surface area (Å²) in [6, 6.07) is 5.76. The Kier molecular flexibility index (Phi) is 7.61. The summed E-state index contributed by atoms with van der Waals surface area (Å²) in [5, 5.41) is 7.68. The number of nitrogens with one attached hydrogen (secondary N) is 1. The summed E-state index contributed by atoms with van der Waals surface area (Å²) < 4.78 is 14.8. The molecule has 0 fully saturated rings. The van der Waals surface area contributed by atoms with Crippen LogP contribution in [0.5, 0.6) is 5.75 Å². The molecule has 30 heavy (non-hydrogen) atoms. The zero-order valence-corrected chi connectivity index (χ0v) is 19.0. The smallest absolute Gasteiger partial charge is 0.342 e. The molecule has 0 aliphatic heterocycles. The molecule has 0 saturated heterocycles. The fourth-order valence-corrected chi connectivity index (χ4v) is 3.05. The number of hydrogen-bond donors (Lipinski definition) is 2. The van der Waals surface area contributed by atoms with E-state index in [0.717, 1.165) is 22.6 Å². The van der Waals surface area contributed by atoms with Crippen LogP contribution >= 0.6 is 11.6 Å². The third kappa shape index (κ3) is 4.81. The van der Waals surface area contributed by atoms with Gasteiger partial charge in [-0.25, -0.2) is 18.9 Å². The van der Waals surface area contributed by atoms with Crippen molar-refractivity contribution in [2.24, 2.45) is 24.8 Å². The van der Waals surface area contributed by atoms with E-state index in [9.17, 15) is 4.79 Å². The van der Waals surface area contributed by atoms with Gasteiger partial charge in [0.15, 0.2) is 23.5 Å². The lowest BCUT2D eigenvalue weighted by molar-refractivity contribution is -0.655. The number of nitrogens with two attached hydrogens (primary N) is 1. The van der Waals surface area contributed by atoms with Crippen LogP contribution in [0.15, 0.2) is 34.3 Å². The number of amidine groups is 2. The molecule has 0 spiro atoms. The average molecular weight is 435 g/mol. The van der Waals surface area contributed by atoms with Gasteiger partial charge in [-0.05, 0) is 32.4 Å². The van der Waals surface area contributed by atoms with Crippen molar-refractivity contribution in [3.05, 3.63) is 35.2 Å². The van der Waals surface area contributed by atoms with Crippen molar-refractivity contribution in [3.63, 3.8) is 0 Å². The van der Waals surface area contributed by atoms with Gasteiger partial charge in [0.05, 0.1) is 26.6 Å². The van der Waals surface area contributed by atoms with Crippen molar-refractivity contribution in [1.82, 2.24) is 4.57 Å². The maximum Gasteiger partial charge on any atom is 0.342 e. The van der Waals surface area contributed by atoms with E-state index < -0.39 is 11.3 Å². The molecular formula is C21H29ClN5O3+. The monoisotopic (exact) mass is 434 g/mol. The number of aromatic nitrogens is 2. The highest BCUT2D eigenvalue weighted by Gasteiger charge is 2.25. The summed E-state index contributed by atoms with van der Waals surface area (Å²) >= 11 is 5.91. The molecule has 0 bridgehead atoms. The number of ether oxygens (including phenoxy) is 2. The van der Waals surface area contributed by atoms with E-state index in [4.69, 9.17) is 32.2 Å². The topological polar surface area (TPSA) is 107 Å². The number of rotatable bonds is 7. The first kappa shape index (κ1) is 23.4. The van der Waals surface area contributed by atoms with Gasteiger partial charge < -0.3 is 15.2 Å². The van der Waals surface area contributed by atoms with E-state index in [2.05, 4.69) is 4.99 Å². The van der Waals surface area contributed by atoms with Crippen LogP contribution in [0.4, 0.5) is 0 Å². The summed E-state index contributed by atoms with van der Waals surface area (Å²) in [6.07, 6.45) is 0.570. The van der Waals surface area contributed by atoms with Crippen molar-refractivity contribution >= 4 is 40.3 Å². The van der Waals surface area contributed by atoms with Crippen molar-refractivity contribution in [2.45, 2.75) is 39.2 Å². The zero-order chi connectivity index (χ0) is 22.6. The van der Waals surface area contributed by atoms with Gasteiger partial charge in [0.2, 0.25) is 0 Å². The number of esters is 1. The Morgan fingerprint density at radius 2 is 2.10 bits per heavy atom. The Hall–Kier alpha value is -2.87. The molecule has 1 aromatic heterocycles. The number of alkyl halides is 1. The molecule has 0 aliphatic rings. The van der Waals surface area contributed by atoms with Crippen molar-refractivity contribution in [1.29, 1.82) is 5.41 Å². The second-order valence-corrected chi connectivity index (χ2v) is 7.63. The zero-order valence-electron chi connectivity index (χ0n) is 18.2. The number of hydrogen-bond acceptors (Lipinski definition) is 4. The molecule has 1 heterocycles. The predicted octanol–water partition coefficient (Wildman–Crippen LogP) is 2.74. The second kappa shape index (κ2) is 9.75. The largest absolute Gasteiger partial charge is 0.497 e. The van der Waals surface area contributed by atoms with Crippen molar-refractivity contribution in [2.75, 3.05) is 7.11 Å². The van der Waals surface area contributed by atoms with Gasteiger partial charge in [0.25, 0.3) is 5.82 Å². The predicted molar refractivity (Wildman–Crippen MR) is 118 cm³/mol. The Morgan fingerprint density at radius 1 is 1.43 bits per heavy atom. The first-order chi connectivity index (χ1) is 14.1. The third-order valence-electron chi connectivity index (χ3n) is 5.06. The van der Waals surface area contributed by atoms with Gasteiger partial charge in [-0.15, -0.1) is 11.6 Å². The highest BCUT2D eigenvalue weighted by atomic mass is 35.5. The van der Waals surface area contributed by atoms with E-state index in [1.165, 1.54) is 0 Å². The summed E-state index contributed by atoms with van der Waals surface area (Å²) in [7, 11) is 5.42. The number of carbonyl (C=O) groups excluding carboxylic acids is 1. The lowest BCUT2D eigenvalue weighted by Gasteiger charge is -2.11. The molecule has 0 aliphatic carbocycles. The molecular weight excluding hydrogens is 406 g/mol. The van der Waals surface area contributed by atoms with Crippen LogP contribution in [0.2, 0.25) is 0 Å². The number of aryl methyl sites for hydroxylation is 2. The van der Waals surface area contributed by atoms with Gasteiger partial charge in [-0.3, -0.25) is 5.41 Å². The molecule has 2 aromatic rings. The fraction of sp³-hybridized carbons (Fsp3) is 0.429. The molecule has 0 amide bonds. The number of allylic oxidation sites excluding steroid dienone is 1. The Balaban J connectivity index is 2.32. The number of benzene rings is 1. The van der Waals surface area contributed by atoms with Crippen molar-refractivity contribution < 1.29 is 18.8 Å². The molecule has 8 nitrogen and oxygen atoms in total. The molecule has 0 radical (unpaired) electrons. The highest BCUT2D eigenvalue weighted by Crippen LogP contribution is 2.20. The second-order valence-electron chi connectivity index (χ2n) is 6.98. The van der Waals surface area contributed by atoms with Crippen molar-refractivity contribution in [3.8, 4) is 5.75 Å². The summed E-state index contributed by atoms with van der Waals surface area (Å²) in [4.78, 5) is 16.8. The van der Waals surface area contributed by atoms with Crippen LogP contribution in [-0.4, -0.2) is 34.7 Å². The fourth-order valence-electron chi connectivity index (χ4n) is 3.01. The maximum atomic E-state index is 12.8. The normalized spacial score (nSPS) is 13.8. The van der Waals surface area contributed by atoms with Gasteiger partial charge >= 0.3 is 5.97 Å². The van der Waals surface area contributed by atoms with E-state index in [-0.39, 0.29) is 23.9 Å². The summed E-state index contributed by atoms with van der Waals surface area (Å²) in [5.74, 6) is 0.721. The number of fused-ring (bicyclic) bond motifs is 1. The first-order valence-corrected chi connectivity index (χ1v) is 10.0. The first-order valence-electron chi connectivity index (χ1n) is 9.57. The molecule has 9 heteroatoms. The summed E-state index contributed by atoms with van der Waals surface area (Å²) in [5.41, 5.74) is 8.47. The molecule has 1 atom stereocenters. The lowest BCUT2D eigenvalue weighted by Crippen LogP contribution is -2.34. The molecule has 1 aromatic carbocycles. The average Bonchev–Trinajstić information content (AvgIpc) is 2.95. The van der Waals surface area contributed by atoms with Gasteiger partial charge in [-0.1, -0.05) is 12.5 Å². The van der Waals surface area contributed by atoms with Gasteiger partial charge in [0.1, 0.15) is 17.2 Å². The minimum absolute atomic E-state index is 0.0295. The Bertz CT molecular complexity index is 1040. The number of imidazole rings is 1. The minimum Gasteiger partial charge on any atom is -0.497 e. The Labute approximate surface area is 181 Å². The van der Waals surface area contributed by atoms with Crippen LogP contribution in [0.25, 0.3) is 11.0 Å². The summed E-state index contributed by atoms with van der Waals surface area (Å²) in [6.45, 7) is 5.34. The number of methoxy groups -OCH3 is 1. The number of nitrogens with zero attached hydrogens (tertiary/aromatic N) is 3. The highest BCUT2D eigenvalue weighted by molar-refractivity contribution is 6.33. The molecule has 2 rings (SSSR count). The Morgan fingerprint density at radius 3 is 2.67 bits per heavy atom. The SMILES string of the molecule is CCC(C)=C(C(=N)N=C(N)C(C)Cl)C(=O)OCc1n(C)c2cc(OC)ccc2[n+]1C. The van der Waals surface area contributed by atoms with E-state index in [1.807, 2.05) is 48.4 Å². The van der Waals surface area contributed by atoms with E-state index in [1.54, 1.807) is 21.0 Å². The maximum absolute atomic E-state index is 12.8.